The Hall–Kier alpha value is -1.35. The maximum atomic E-state index is 10.7. The van der Waals surface area contributed by atoms with Gasteiger partial charge in [0.25, 0.3) is 0 Å². The number of rotatable bonds is 4. The molecule has 0 heterocycles. The summed E-state index contributed by atoms with van der Waals surface area (Å²) in [4.78, 5) is 10.7. The zero-order valence-electron chi connectivity index (χ0n) is 8.97. The standard InChI is InChI=1S/C12H16O3/c1-9(11(13)14)8-12(2,15)10-6-4-3-5-7-10/h3-7,9,15H,8H2,1-2H3,(H,13,14). The van der Waals surface area contributed by atoms with Crippen molar-refractivity contribution < 1.29 is 15.0 Å². The van der Waals surface area contributed by atoms with E-state index in [1.807, 2.05) is 18.2 Å². The van der Waals surface area contributed by atoms with Crippen molar-refractivity contribution in [3.8, 4) is 0 Å². The molecule has 2 unspecified atom stereocenters. The van der Waals surface area contributed by atoms with E-state index >= 15 is 0 Å². The van der Waals surface area contributed by atoms with Gasteiger partial charge in [-0.2, -0.15) is 0 Å². The second-order valence-electron chi connectivity index (χ2n) is 4.08. The van der Waals surface area contributed by atoms with E-state index in [-0.39, 0.29) is 6.42 Å². The largest absolute Gasteiger partial charge is 0.481 e. The van der Waals surface area contributed by atoms with Crippen LogP contribution in [0.2, 0.25) is 0 Å². The van der Waals surface area contributed by atoms with Crippen LogP contribution in [-0.2, 0) is 10.4 Å². The third-order valence-electron chi connectivity index (χ3n) is 2.52. The van der Waals surface area contributed by atoms with Crippen LogP contribution in [0.15, 0.2) is 30.3 Å². The van der Waals surface area contributed by atoms with Crippen LogP contribution in [0.1, 0.15) is 25.8 Å². The third kappa shape index (κ3) is 3.06. The molecule has 3 heteroatoms. The first-order chi connectivity index (χ1) is 6.93. The van der Waals surface area contributed by atoms with Gasteiger partial charge in [0.15, 0.2) is 0 Å². The number of aliphatic hydroxyl groups is 1. The van der Waals surface area contributed by atoms with Gasteiger partial charge >= 0.3 is 5.97 Å². The Morgan fingerprint density at radius 2 is 1.93 bits per heavy atom. The molecular formula is C12H16O3. The van der Waals surface area contributed by atoms with E-state index in [0.29, 0.717) is 0 Å². The molecule has 0 aliphatic rings. The van der Waals surface area contributed by atoms with Crippen molar-refractivity contribution in [2.45, 2.75) is 25.9 Å². The second-order valence-corrected chi connectivity index (χ2v) is 4.08. The van der Waals surface area contributed by atoms with Crippen molar-refractivity contribution >= 4 is 5.97 Å². The van der Waals surface area contributed by atoms with Gasteiger partial charge in [0.2, 0.25) is 0 Å². The number of aliphatic carboxylic acids is 1. The summed E-state index contributed by atoms with van der Waals surface area (Å²) in [5.41, 5.74) is -0.336. The minimum absolute atomic E-state index is 0.215. The smallest absolute Gasteiger partial charge is 0.306 e. The lowest BCUT2D eigenvalue weighted by Gasteiger charge is -2.25. The van der Waals surface area contributed by atoms with E-state index in [4.69, 9.17) is 5.11 Å². The summed E-state index contributed by atoms with van der Waals surface area (Å²) in [6, 6.07) is 9.12. The molecule has 0 radical (unpaired) electrons. The van der Waals surface area contributed by atoms with Gasteiger partial charge in [-0.25, -0.2) is 0 Å². The summed E-state index contributed by atoms with van der Waals surface area (Å²) < 4.78 is 0. The summed E-state index contributed by atoms with van der Waals surface area (Å²) >= 11 is 0. The number of hydrogen-bond donors (Lipinski definition) is 2. The highest BCUT2D eigenvalue weighted by Crippen LogP contribution is 2.27. The van der Waals surface area contributed by atoms with Crippen molar-refractivity contribution in [2.75, 3.05) is 0 Å². The predicted molar refractivity (Wildman–Crippen MR) is 57.4 cm³/mol. The molecule has 0 aromatic heterocycles. The number of carboxylic acids is 1. The molecule has 82 valence electrons. The highest BCUT2D eigenvalue weighted by molar-refractivity contribution is 5.69. The van der Waals surface area contributed by atoms with Crippen molar-refractivity contribution in [2.24, 2.45) is 5.92 Å². The Balaban J connectivity index is 2.80. The van der Waals surface area contributed by atoms with Crippen LogP contribution in [0.5, 0.6) is 0 Å². The van der Waals surface area contributed by atoms with Crippen LogP contribution in [0.3, 0.4) is 0 Å². The molecule has 0 fully saturated rings. The average Bonchev–Trinajstić information content (AvgIpc) is 2.18. The molecule has 2 N–H and O–H groups in total. The van der Waals surface area contributed by atoms with Gasteiger partial charge in [0.1, 0.15) is 0 Å². The topological polar surface area (TPSA) is 57.5 Å². The lowest BCUT2D eigenvalue weighted by atomic mass is 9.87. The quantitative estimate of drug-likeness (QED) is 0.795. The summed E-state index contributed by atoms with van der Waals surface area (Å²) in [6.07, 6.45) is 0.215. The van der Waals surface area contributed by atoms with E-state index in [1.54, 1.807) is 26.0 Å². The van der Waals surface area contributed by atoms with Crippen molar-refractivity contribution in [3.63, 3.8) is 0 Å². The van der Waals surface area contributed by atoms with Crippen molar-refractivity contribution in [3.05, 3.63) is 35.9 Å². The molecule has 0 bridgehead atoms. The van der Waals surface area contributed by atoms with Gasteiger partial charge < -0.3 is 10.2 Å². The van der Waals surface area contributed by atoms with Crippen LogP contribution >= 0.6 is 0 Å². The van der Waals surface area contributed by atoms with Gasteiger partial charge in [0, 0.05) is 0 Å². The number of benzene rings is 1. The second kappa shape index (κ2) is 4.45. The van der Waals surface area contributed by atoms with Crippen molar-refractivity contribution in [1.82, 2.24) is 0 Å². The fourth-order valence-corrected chi connectivity index (χ4v) is 1.60. The van der Waals surface area contributed by atoms with Crippen LogP contribution < -0.4 is 0 Å². The lowest BCUT2D eigenvalue weighted by Crippen LogP contribution is -2.27. The highest BCUT2D eigenvalue weighted by atomic mass is 16.4. The van der Waals surface area contributed by atoms with Crippen molar-refractivity contribution in [1.29, 1.82) is 0 Å². The van der Waals surface area contributed by atoms with E-state index in [0.717, 1.165) is 5.56 Å². The lowest BCUT2D eigenvalue weighted by molar-refractivity contribution is -0.143. The minimum Gasteiger partial charge on any atom is -0.481 e. The van der Waals surface area contributed by atoms with Gasteiger partial charge in [-0.1, -0.05) is 37.3 Å². The Morgan fingerprint density at radius 3 is 2.40 bits per heavy atom. The first kappa shape index (κ1) is 11.7. The van der Waals surface area contributed by atoms with Crippen LogP contribution in [-0.4, -0.2) is 16.2 Å². The molecule has 0 spiro atoms. The van der Waals surface area contributed by atoms with Crippen LogP contribution in [0.4, 0.5) is 0 Å². The summed E-state index contributed by atoms with van der Waals surface area (Å²) in [5.74, 6) is -1.44. The monoisotopic (exact) mass is 208 g/mol. The molecule has 0 saturated heterocycles. The normalized spacial score (nSPS) is 16.7. The van der Waals surface area contributed by atoms with E-state index in [1.165, 1.54) is 0 Å². The molecule has 1 aromatic rings. The summed E-state index contributed by atoms with van der Waals surface area (Å²) in [7, 11) is 0. The Bertz CT molecular complexity index is 330. The Labute approximate surface area is 89.4 Å². The Kier molecular flexibility index (Phi) is 3.48. The fraction of sp³-hybridized carbons (Fsp3) is 0.417. The first-order valence-corrected chi connectivity index (χ1v) is 4.94. The minimum atomic E-state index is -1.08. The van der Waals surface area contributed by atoms with Crippen LogP contribution in [0, 0.1) is 5.92 Å². The van der Waals surface area contributed by atoms with E-state index in [2.05, 4.69) is 0 Å². The van der Waals surface area contributed by atoms with E-state index < -0.39 is 17.5 Å². The molecule has 0 aliphatic heterocycles. The molecule has 3 nitrogen and oxygen atoms in total. The molecule has 15 heavy (non-hydrogen) atoms. The fourth-order valence-electron chi connectivity index (χ4n) is 1.60. The predicted octanol–water partition coefficient (Wildman–Crippen LogP) is 2.00. The first-order valence-electron chi connectivity index (χ1n) is 4.94. The molecule has 2 atom stereocenters. The SMILES string of the molecule is CC(CC(C)(O)c1ccccc1)C(=O)O. The summed E-state index contributed by atoms with van der Waals surface area (Å²) in [6.45, 7) is 3.24. The van der Waals surface area contributed by atoms with Gasteiger partial charge in [-0.15, -0.1) is 0 Å². The zero-order chi connectivity index (χ0) is 11.5. The summed E-state index contributed by atoms with van der Waals surface area (Å²) in [5, 5.41) is 18.9. The number of carbonyl (C=O) groups is 1. The average molecular weight is 208 g/mol. The molecule has 0 amide bonds. The number of carboxylic acid groups (broad SMARTS) is 1. The molecule has 0 aliphatic carbocycles. The van der Waals surface area contributed by atoms with Gasteiger partial charge in [-0.05, 0) is 18.9 Å². The van der Waals surface area contributed by atoms with Gasteiger partial charge in [0.05, 0.1) is 11.5 Å². The molecule has 0 saturated carbocycles. The molecule has 1 rings (SSSR count). The van der Waals surface area contributed by atoms with Crippen LogP contribution in [0.25, 0.3) is 0 Å². The third-order valence-corrected chi connectivity index (χ3v) is 2.52. The highest BCUT2D eigenvalue weighted by Gasteiger charge is 2.28. The Morgan fingerprint density at radius 1 is 1.40 bits per heavy atom. The van der Waals surface area contributed by atoms with E-state index in [9.17, 15) is 9.90 Å². The number of hydrogen-bond acceptors (Lipinski definition) is 2. The molecular weight excluding hydrogens is 192 g/mol. The van der Waals surface area contributed by atoms with Gasteiger partial charge in [-0.3, -0.25) is 4.79 Å². The maximum Gasteiger partial charge on any atom is 0.306 e. The maximum absolute atomic E-state index is 10.7. The molecule has 1 aromatic carbocycles. The zero-order valence-corrected chi connectivity index (χ0v) is 8.97.